The van der Waals surface area contributed by atoms with E-state index < -0.39 is 10.1 Å². The minimum atomic E-state index is -4.12. The van der Waals surface area contributed by atoms with Gasteiger partial charge in [-0.2, -0.15) is 8.42 Å². The number of halogens is 1. The van der Waals surface area contributed by atoms with E-state index in [2.05, 4.69) is 4.98 Å². The van der Waals surface area contributed by atoms with Gasteiger partial charge in [-0.15, -0.1) is 0 Å². The predicted octanol–water partition coefficient (Wildman–Crippen LogP) is 3.66. The molecule has 0 unspecified atom stereocenters. The molecular formula is C16H12ClNO4S. The Labute approximate surface area is 138 Å². The van der Waals surface area contributed by atoms with E-state index in [0.29, 0.717) is 5.52 Å². The molecule has 3 rings (SSSR count). The smallest absolute Gasteiger partial charge is 0.343 e. The highest BCUT2D eigenvalue weighted by Crippen LogP contribution is 2.31. The van der Waals surface area contributed by atoms with Crippen molar-refractivity contribution in [3.8, 4) is 11.5 Å². The molecular weight excluding hydrogens is 338 g/mol. The van der Waals surface area contributed by atoms with Gasteiger partial charge in [-0.05, 0) is 30.3 Å². The Morgan fingerprint density at radius 1 is 1.04 bits per heavy atom. The van der Waals surface area contributed by atoms with E-state index in [1.54, 1.807) is 30.5 Å². The third-order valence-electron chi connectivity index (χ3n) is 3.19. The molecule has 0 saturated heterocycles. The average molecular weight is 350 g/mol. The number of nitrogens with zero attached hydrogens (tertiary/aromatic N) is 1. The van der Waals surface area contributed by atoms with Gasteiger partial charge in [-0.3, -0.25) is 4.98 Å². The van der Waals surface area contributed by atoms with E-state index in [0.717, 1.165) is 5.39 Å². The lowest BCUT2D eigenvalue weighted by molar-refractivity contribution is 0.398. The summed E-state index contributed by atoms with van der Waals surface area (Å²) in [5.41, 5.74) is 0.458. The Morgan fingerprint density at radius 2 is 1.83 bits per heavy atom. The number of para-hydroxylation sites is 1. The minimum Gasteiger partial charge on any atom is -0.495 e. The molecule has 0 aliphatic heterocycles. The number of fused-ring (bicyclic) bond motifs is 1. The van der Waals surface area contributed by atoms with Crippen LogP contribution in [0.4, 0.5) is 0 Å². The van der Waals surface area contributed by atoms with Gasteiger partial charge in [-0.1, -0.05) is 29.8 Å². The van der Waals surface area contributed by atoms with Crippen molar-refractivity contribution < 1.29 is 17.3 Å². The van der Waals surface area contributed by atoms with Crippen LogP contribution in [0.5, 0.6) is 11.5 Å². The first-order valence-electron chi connectivity index (χ1n) is 6.63. The molecule has 7 heteroatoms. The summed E-state index contributed by atoms with van der Waals surface area (Å²) in [7, 11) is -2.74. The molecule has 0 spiro atoms. The van der Waals surface area contributed by atoms with Crippen LogP contribution in [0.25, 0.3) is 10.9 Å². The van der Waals surface area contributed by atoms with E-state index in [4.69, 9.17) is 20.5 Å². The van der Waals surface area contributed by atoms with Crippen molar-refractivity contribution in [2.45, 2.75) is 4.90 Å². The van der Waals surface area contributed by atoms with Gasteiger partial charge in [0, 0.05) is 16.6 Å². The monoisotopic (exact) mass is 349 g/mol. The lowest BCUT2D eigenvalue weighted by Crippen LogP contribution is -2.11. The van der Waals surface area contributed by atoms with Crippen molar-refractivity contribution in [1.29, 1.82) is 0 Å². The standard InChI is InChI=1S/C16H12ClNO4S/c1-21-13-8-7-12(17)10-15(13)23(19,20)22-14-6-2-4-11-5-3-9-18-16(11)14/h2-10H,1H3. The van der Waals surface area contributed by atoms with Gasteiger partial charge < -0.3 is 8.92 Å². The summed E-state index contributed by atoms with van der Waals surface area (Å²) >= 11 is 5.89. The third kappa shape index (κ3) is 3.09. The molecule has 118 valence electrons. The zero-order valence-electron chi connectivity index (χ0n) is 12.1. The lowest BCUT2D eigenvalue weighted by atomic mass is 10.2. The second kappa shape index (κ2) is 6.06. The number of hydrogen-bond donors (Lipinski definition) is 0. The van der Waals surface area contributed by atoms with Gasteiger partial charge in [0.05, 0.1) is 7.11 Å². The highest BCUT2D eigenvalue weighted by Gasteiger charge is 2.23. The van der Waals surface area contributed by atoms with Crippen LogP contribution in [-0.2, 0) is 10.1 Å². The number of benzene rings is 2. The number of aromatic nitrogens is 1. The Hall–Kier alpha value is -2.31. The largest absolute Gasteiger partial charge is 0.495 e. The van der Waals surface area contributed by atoms with Crippen LogP contribution in [0.1, 0.15) is 0 Å². The summed E-state index contributed by atoms with van der Waals surface area (Å²) in [5.74, 6) is 0.299. The maximum atomic E-state index is 12.6. The number of ether oxygens (including phenoxy) is 1. The Bertz CT molecular complexity index is 967. The normalized spacial score (nSPS) is 11.4. The molecule has 5 nitrogen and oxygen atoms in total. The molecule has 0 bridgehead atoms. The second-order valence-corrected chi connectivity index (χ2v) is 6.62. The quantitative estimate of drug-likeness (QED) is 0.672. The molecule has 0 atom stereocenters. The van der Waals surface area contributed by atoms with Crippen LogP contribution in [0, 0.1) is 0 Å². The van der Waals surface area contributed by atoms with Crippen LogP contribution in [-0.4, -0.2) is 20.5 Å². The summed E-state index contributed by atoms with van der Waals surface area (Å²) in [5, 5.41) is 1.04. The van der Waals surface area contributed by atoms with Crippen molar-refractivity contribution in [2.24, 2.45) is 0 Å². The first kappa shape index (κ1) is 15.6. The van der Waals surface area contributed by atoms with Crippen molar-refractivity contribution in [3.05, 3.63) is 59.8 Å². The van der Waals surface area contributed by atoms with E-state index in [-0.39, 0.29) is 21.4 Å². The third-order valence-corrected chi connectivity index (χ3v) is 4.68. The molecule has 23 heavy (non-hydrogen) atoms. The molecule has 1 aromatic heterocycles. The van der Waals surface area contributed by atoms with Crippen LogP contribution in [0.3, 0.4) is 0 Å². The highest BCUT2D eigenvalue weighted by atomic mass is 35.5. The molecule has 0 radical (unpaired) electrons. The van der Waals surface area contributed by atoms with Crippen LogP contribution < -0.4 is 8.92 Å². The zero-order chi connectivity index (χ0) is 16.4. The van der Waals surface area contributed by atoms with E-state index in [1.807, 2.05) is 12.1 Å². The minimum absolute atomic E-state index is 0.138. The number of pyridine rings is 1. The van der Waals surface area contributed by atoms with Gasteiger partial charge in [0.1, 0.15) is 16.2 Å². The van der Waals surface area contributed by atoms with Gasteiger partial charge in [-0.25, -0.2) is 0 Å². The maximum absolute atomic E-state index is 12.6. The molecule has 0 aliphatic rings. The van der Waals surface area contributed by atoms with Crippen molar-refractivity contribution in [3.63, 3.8) is 0 Å². The summed E-state index contributed by atoms with van der Waals surface area (Å²) in [4.78, 5) is 4.03. The Morgan fingerprint density at radius 3 is 2.61 bits per heavy atom. The number of rotatable bonds is 4. The summed E-state index contributed by atoms with van der Waals surface area (Å²) in [6, 6.07) is 12.9. The van der Waals surface area contributed by atoms with Gasteiger partial charge >= 0.3 is 10.1 Å². The molecule has 1 heterocycles. The van der Waals surface area contributed by atoms with Crippen molar-refractivity contribution >= 4 is 32.6 Å². The fourth-order valence-electron chi connectivity index (χ4n) is 2.15. The van der Waals surface area contributed by atoms with Gasteiger partial charge in [0.25, 0.3) is 0 Å². The van der Waals surface area contributed by atoms with Crippen molar-refractivity contribution in [2.75, 3.05) is 7.11 Å². The number of methoxy groups -OCH3 is 1. The summed E-state index contributed by atoms with van der Waals surface area (Å²) in [6.45, 7) is 0. The van der Waals surface area contributed by atoms with Crippen LogP contribution >= 0.6 is 11.6 Å². The topological polar surface area (TPSA) is 65.5 Å². The molecule has 3 aromatic rings. The molecule has 0 fully saturated rings. The first-order chi connectivity index (χ1) is 11.0. The maximum Gasteiger partial charge on any atom is 0.343 e. The summed E-state index contributed by atoms with van der Waals surface area (Å²) in [6.07, 6.45) is 1.57. The van der Waals surface area contributed by atoms with E-state index in [1.165, 1.54) is 19.2 Å². The van der Waals surface area contributed by atoms with Crippen LogP contribution in [0.2, 0.25) is 5.02 Å². The lowest BCUT2D eigenvalue weighted by Gasteiger charge is -2.12. The summed E-state index contributed by atoms with van der Waals surface area (Å²) < 4.78 is 35.5. The Kier molecular flexibility index (Phi) is 4.11. The van der Waals surface area contributed by atoms with Crippen molar-refractivity contribution in [1.82, 2.24) is 4.98 Å². The molecule has 0 saturated carbocycles. The Balaban J connectivity index is 2.09. The van der Waals surface area contributed by atoms with Gasteiger partial charge in [0.15, 0.2) is 5.75 Å². The first-order valence-corrected chi connectivity index (χ1v) is 8.42. The predicted molar refractivity (Wildman–Crippen MR) is 87.6 cm³/mol. The molecule has 0 N–H and O–H groups in total. The second-order valence-electron chi connectivity index (χ2n) is 4.66. The molecule has 0 aliphatic carbocycles. The zero-order valence-corrected chi connectivity index (χ0v) is 13.6. The average Bonchev–Trinajstić information content (AvgIpc) is 2.55. The van der Waals surface area contributed by atoms with E-state index >= 15 is 0 Å². The van der Waals surface area contributed by atoms with Crippen LogP contribution in [0.15, 0.2) is 59.6 Å². The van der Waals surface area contributed by atoms with Gasteiger partial charge in [0.2, 0.25) is 0 Å². The molecule has 0 amide bonds. The van der Waals surface area contributed by atoms with E-state index in [9.17, 15) is 8.42 Å². The molecule has 2 aromatic carbocycles. The fraction of sp³-hybridized carbons (Fsp3) is 0.0625. The highest BCUT2D eigenvalue weighted by molar-refractivity contribution is 7.87. The number of hydrogen-bond acceptors (Lipinski definition) is 5. The fourth-order valence-corrected chi connectivity index (χ4v) is 3.52. The SMILES string of the molecule is COc1ccc(Cl)cc1S(=O)(=O)Oc1cccc2cccnc12.